The minimum absolute atomic E-state index is 0.685. The normalized spacial score (nSPS) is 21.5. The van der Waals surface area contributed by atoms with Crippen molar-refractivity contribution in [1.82, 2.24) is 4.90 Å². The lowest BCUT2D eigenvalue weighted by molar-refractivity contribution is 0.179. The van der Waals surface area contributed by atoms with Crippen LogP contribution in [0.5, 0.6) is 0 Å². The van der Waals surface area contributed by atoms with Crippen molar-refractivity contribution in [2.75, 3.05) is 19.0 Å². The maximum Gasteiger partial charge on any atom is 0.0346 e. The summed E-state index contributed by atoms with van der Waals surface area (Å²) in [7, 11) is 0. The highest BCUT2D eigenvalue weighted by molar-refractivity contribution is 7.17. The van der Waals surface area contributed by atoms with E-state index in [0.29, 0.717) is 5.92 Å². The number of likely N-dealkylation sites (tertiary alicyclic amines) is 1. The summed E-state index contributed by atoms with van der Waals surface area (Å²) in [5.41, 5.74) is 1.48. The third-order valence-corrected chi connectivity index (χ3v) is 5.23. The predicted molar refractivity (Wildman–Crippen MR) is 80.5 cm³/mol. The Balaban J connectivity index is 1.76. The Morgan fingerprint density at radius 2 is 2.22 bits per heavy atom. The van der Waals surface area contributed by atoms with Crippen LogP contribution in [0.1, 0.15) is 18.4 Å². The predicted octanol–water partition coefficient (Wildman–Crippen LogP) is 4.35. The van der Waals surface area contributed by atoms with E-state index in [2.05, 4.69) is 34.5 Å². The summed E-state index contributed by atoms with van der Waals surface area (Å²) >= 11 is 7.85. The summed E-state index contributed by atoms with van der Waals surface area (Å²) in [6.45, 7) is 3.46. The highest BCUT2D eigenvalue weighted by Gasteiger charge is 2.19. The van der Waals surface area contributed by atoms with Crippen LogP contribution in [0, 0.1) is 5.92 Å². The van der Waals surface area contributed by atoms with Crippen molar-refractivity contribution in [2.45, 2.75) is 19.4 Å². The molecule has 1 nitrogen and oxygen atoms in total. The van der Waals surface area contributed by atoms with Crippen LogP contribution >= 0.6 is 22.9 Å². The number of halogens is 1. The average molecular weight is 280 g/mol. The Morgan fingerprint density at radius 3 is 3.11 bits per heavy atom. The van der Waals surface area contributed by atoms with Gasteiger partial charge < -0.3 is 0 Å². The van der Waals surface area contributed by atoms with Gasteiger partial charge in [0.15, 0.2) is 0 Å². The Labute approximate surface area is 117 Å². The fraction of sp³-hybridized carbons (Fsp3) is 0.467. The van der Waals surface area contributed by atoms with Gasteiger partial charge in [-0.3, -0.25) is 4.90 Å². The average Bonchev–Trinajstić information content (AvgIpc) is 2.83. The molecule has 0 amide bonds. The Hall–Kier alpha value is -0.570. The van der Waals surface area contributed by atoms with Crippen LogP contribution in [0.2, 0.25) is 0 Å². The lowest BCUT2D eigenvalue weighted by Gasteiger charge is -2.31. The molecule has 1 fully saturated rings. The molecule has 1 aliphatic rings. The molecule has 1 saturated heterocycles. The zero-order chi connectivity index (χ0) is 12.4. The summed E-state index contributed by atoms with van der Waals surface area (Å²) < 4.78 is 1.40. The summed E-state index contributed by atoms with van der Waals surface area (Å²) in [5, 5.41) is 3.74. The molecule has 2 heterocycles. The molecule has 0 bridgehead atoms. The van der Waals surface area contributed by atoms with Gasteiger partial charge in [-0.2, -0.15) is 0 Å². The fourth-order valence-corrected chi connectivity index (χ4v) is 4.02. The molecule has 3 rings (SSSR count). The molecule has 3 heteroatoms. The van der Waals surface area contributed by atoms with Crippen LogP contribution in [0.25, 0.3) is 10.1 Å². The number of rotatable bonds is 3. The number of benzene rings is 1. The van der Waals surface area contributed by atoms with Gasteiger partial charge in [0.25, 0.3) is 0 Å². The summed E-state index contributed by atoms with van der Waals surface area (Å²) in [4.78, 5) is 2.56. The van der Waals surface area contributed by atoms with E-state index < -0.39 is 0 Å². The molecule has 0 saturated carbocycles. The number of thiophene rings is 1. The quantitative estimate of drug-likeness (QED) is 0.755. The van der Waals surface area contributed by atoms with Gasteiger partial charge in [0, 0.05) is 23.7 Å². The van der Waals surface area contributed by atoms with E-state index in [9.17, 15) is 0 Å². The second-order valence-electron chi connectivity index (χ2n) is 5.15. The number of piperidine rings is 1. The highest BCUT2D eigenvalue weighted by atomic mass is 35.5. The van der Waals surface area contributed by atoms with Crippen molar-refractivity contribution in [1.29, 1.82) is 0 Å². The molecule has 1 unspecified atom stereocenters. The smallest absolute Gasteiger partial charge is 0.0346 e. The number of nitrogens with zero attached hydrogens (tertiary/aromatic N) is 1. The largest absolute Gasteiger partial charge is 0.299 e. The lowest BCUT2D eigenvalue weighted by atomic mass is 9.99. The van der Waals surface area contributed by atoms with E-state index in [0.717, 1.165) is 19.0 Å². The first-order chi connectivity index (χ1) is 8.86. The molecule has 1 aromatic heterocycles. The van der Waals surface area contributed by atoms with Crippen molar-refractivity contribution in [3.8, 4) is 0 Å². The van der Waals surface area contributed by atoms with Crippen molar-refractivity contribution in [3.05, 3.63) is 35.2 Å². The van der Waals surface area contributed by atoms with Gasteiger partial charge in [0.05, 0.1) is 0 Å². The first-order valence-corrected chi connectivity index (χ1v) is 8.01. The second kappa shape index (κ2) is 5.60. The van der Waals surface area contributed by atoms with Gasteiger partial charge in [-0.05, 0) is 47.7 Å². The lowest BCUT2D eigenvalue weighted by Crippen LogP contribution is -2.35. The minimum atomic E-state index is 0.685. The molecule has 1 aromatic carbocycles. The third kappa shape index (κ3) is 2.56. The zero-order valence-corrected chi connectivity index (χ0v) is 12.0. The maximum atomic E-state index is 6.00. The Kier molecular flexibility index (Phi) is 3.88. The van der Waals surface area contributed by atoms with Gasteiger partial charge >= 0.3 is 0 Å². The molecule has 0 N–H and O–H groups in total. The van der Waals surface area contributed by atoms with Crippen molar-refractivity contribution >= 4 is 33.0 Å². The van der Waals surface area contributed by atoms with Crippen LogP contribution in [0.15, 0.2) is 29.6 Å². The molecule has 2 aromatic rings. The second-order valence-corrected chi connectivity index (χ2v) is 6.37. The number of fused-ring (bicyclic) bond motifs is 1. The van der Waals surface area contributed by atoms with E-state index in [1.165, 1.54) is 35.0 Å². The van der Waals surface area contributed by atoms with Crippen LogP contribution in [0.4, 0.5) is 0 Å². The maximum absolute atomic E-state index is 6.00. The first-order valence-electron chi connectivity index (χ1n) is 6.60. The van der Waals surface area contributed by atoms with E-state index in [4.69, 9.17) is 11.6 Å². The van der Waals surface area contributed by atoms with Crippen LogP contribution in [-0.4, -0.2) is 23.9 Å². The Bertz CT molecular complexity index is 522. The van der Waals surface area contributed by atoms with Crippen molar-refractivity contribution in [2.24, 2.45) is 5.92 Å². The van der Waals surface area contributed by atoms with Gasteiger partial charge in [0.2, 0.25) is 0 Å². The van der Waals surface area contributed by atoms with Gasteiger partial charge in [-0.1, -0.05) is 18.2 Å². The molecule has 0 radical (unpaired) electrons. The van der Waals surface area contributed by atoms with Crippen molar-refractivity contribution in [3.63, 3.8) is 0 Å². The van der Waals surface area contributed by atoms with Crippen LogP contribution in [0.3, 0.4) is 0 Å². The standard InChI is InChI=1S/C15H18ClNS/c16-8-12-4-3-7-17(9-12)10-13-11-18-15-6-2-1-5-14(13)15/h1-2,5-6,11-12H,3-4,7-10H2. The summed E-state index contributed by atoms with van der Waals surface area (Å²) in [5.74, 6) is 1.49. The number of hydrogen-bond donors (Lipinski definition) is 0. The molecule has 0 spiro atoms. The molecule has 96 valence electrons. The fourth-order valence-electron chi connectivity index (χ4n) is 2.82. The third-order valence-electron chi connectivity index (χ3n) is 3.78. The summed E-state index contributed by atoms with van der Waals surface area (Å²) in [6, 6.07) is 8.70. The number of alkyl halides is 1. The first kappa shape index (κ1) is 12.5. The SMILES string of the molecule is ClCC1CCCN(Cc2csc3ccccc23)C1. The minimum Gasteiger partial charge on any atom is -0.299 e. The van der Waals surface area contributed by atoms with Gasteiger partial charge in [0.1, 0.15) is 0 Å². The van der Waals surface area contributed by atoms with Gasteiger partial charge in [-0.15, -0.1) is 22.9 Å². The van der Waals surface area contributed by atoms with Gasteiger partial charge in [-0.25, -0.2) is 0 Å². The molecule has 1 aliphatic heterocycles. The topological polar surface area (TPSA) is 3.24 Å². The molecule has 18 heavy (non-hydrogen) atoms. The number of hydrogen-bond acceptors (Lipinski definition) is 2. The molecule has 1 atom stereocenters. The van der Waals surface area contributed by atoms with E-state index in [1.54, 1.807) is 0 Å². The monoisotopic (exact) mass is 279 g/mol. The molecular formula is C15H18ClNS. The summed E-state index contributed by atoms with van der Waals surface area (Å²) in [6.07, 6.45) is 2.59. The molecule has 0 aliphatic carbocycles. The Morgan fingerprint density at radius 1 is 1.33 bits per heavy atom. The van der Waals surface area contributed by atoms with Crippen LogP contribution < -0.4 is 0 Å². The highest BCUT2D eigenvalue weighted by Crippen LogP contribution is 2.28. The zero-order valence-electron chi connectivity index (χ0n) is 10.4. The molecular weight excluding hydrogens is 262 g/mol. The van der Waals surface area contributed by atoms with E-state index >= 15 is 0 Å². The van der Waals surface area contributed by atoms with Crippen molar-refractivity contribution < 1.29 is 0 Å². The van der Waals surface area contributed by atoms with E-state index in [1.807, 2.05) is 11.3 Å². The van der Waals surface area contributed by atoms with E-state index in [-0.39, 0.29) is 0 Å². The van der Waals surface area contributed by atoms with Crippen LogP contribution in [-0.2, 0) is 6.54 Å².